The highest BCUT2D eigenvalue weighted by Crippen LogP contribution is 2.30. The van der Waals surface area contributed by atoms with Crippen LogP contribution < -0.4 is 5.73 Å². The molecule has 14 heavy (non-hydrogen) atoms. The third-order valence-electron chi connectivity index (χ3n) is 2.41. The van der Waals surface area contributed by atoms with E-state index in [9.17, 15) is 4.79 Å². The quantitative estimate of drug-likeness (QED) is 0.734. The number of nitrogens with zero attached hydrogens (tertiary/aromatic N) is 1. The molecule has 76 valence electrons. The van der Waals surface area contributed by atoms with Crippen LogP contribution >= 0.6 is 0 Å². The van der Waals surface area contributed by atoms with Gasteiger partial charge in [-0.05, 0) is 5.41 Å². The van der Waals surface area contributed by atoms with Gasteiger partial charge in [-0.25, -0.2) is 0 Å². The number of carbonyl (C=O) groups excluding carboxylic acids is 1. The number of likely N-dealkylation sites (tertiary alicyclic amines) is 1. The summed E-state index contributed by atoms with van der Waals surface area (Å²) in [6.45, 7) is 5.79. The molecule has 0 saturated carbocycles. The van der Waals surface area contributed by atoms with E-state index < -0.39 is 0 Å². The van der Waals surface area contributed by atoms with Crippen LogP contribution in [0.5, 0.6) is 0 Å². The molecule has 4 heteroatoms. The Kier molecular flexibility index (Phi) is 1.80. The third-order valence-corrected chi connectivity index (χ3v) is 2.41. The zero-order valence-corrected chi connectivity index (χ0v) is 8.41. The predicted molar refractivity (Wildman–Crippen MR) is 52.8 cm³/mol. The normalized spacial score (nSPS) is 19.1. The van der Waals surface area contributed by atoms with Crippen LogP contribution in [-0.4, -0.2) is 23.9 Å². The van der Waals surface area contributed by atoms with Crippen molar-refractivity contribution in [1.29, 1.82) is 0 Å². The molecule has 0 unspecified atom stereocenters. The van der Waals surface area contributed by atoms with E-state index in [-0.39, 0.29) is 17.1 Å². The molecule has 1 saturated heterocycles. The largest absolute Gasteiger partial charge is 0.457 e. The molecule has 0 aromatic carbocycles. The average molecular weight is 194 g/mol. The maximum Gasteiger partial charge on any atom is 0.291 e. The van der Waals surface area contributed by atoms with Crippen LogP contribution in [0.4, 0.5) is 5.69 Å². The van der Waals surface area contributed by atoms with E-state index in [1.807, 2.05) is 0 Å². The van der Waals surface area contributed by atoms with Gasteiger partial charge in [-0.1, -0.05) is 13.8 Å². The molecule has 2 heterocycles. The third kappa shape index (κ3) is 1.36. The maximum absolute atomic E-state index is 11.7. The Labute approximate surface area is 82.7 Å². The fraction of sp³-hybridized carbons (Fsp3) is 0.500. The van der Waals surface area contributed by atoms with Gasteiger partial charge in [-0.3, -0.25) is 4.79 Å². The van der Waals surface area contributed by atoms with Crippen LogP contribution in [0.2, 0.25) is 0 Å². The van der Waals surface area contributed by atoms with E-state index in [1.165, 1.54) is 6.26 Å². The summed E-state index contributed by atoms with van der Waals surface area (Å²) in [6, 6.07) is 1.60. The van der Waals surface area contributed by atoms with E-state index in [0.717, 1.165) is 13.1 Å². The minimum Gasteiger partial charge on any atom is -0.457 e. The maximum atomic E-state index is 11.7. The van der Waals surface area contributed by atoms with E-state index in [2.05, 4.69) is 13.8 Å². The van der Waals surface area contributed by atoms with Crippen LogP contribution in [0.25, 0.3) is 0 Å². The highest BCUT2D eigenvalue weighted by Gasteiger charge is 2.38. The Morgan fingerprint density at radius 2 is 2.21 bits per heavy atom. The monoisotopic (exact) mass is 194 g/mol. The summed E-state index contributed by atoms with van der Waals surface area (Å²) in [4.78, 5) is 13.5. The minimum absolute atomic E-state index is 0.105. The summed E-state index contributed by atoms with van der Waals surface area (Å²) >= 11 is 0. The lowest BCUT2D eigenvalue weighted by molar-refractivity contribution is 0.0210. The van der Waals surface area contributed by atoms with Crippen molar-refractivity contribution in [3.63, 3.8) is 0 Å². The predicted octanol–water partition coefficient (Wildman–Crippen LogP) is 1.34. The van der Waals surface area contributed by atoms with Gasteiger partial charge in [0.1, 0.15) is 0 Å². The Hall–Kier alpha value is -1.45. The van der Waals surface area contributed by atoms with Crippen molar-refractivity contribution in [2.24, 2.45) is 5.41 Å². The number of hydrogen-bond donors (Lipinski definition) is 1. The molecule has 1 aliphatic rings. The summed E-state index contributed by atoms with van der Waals surface area (Å²) in [6.07, 6.45) is 1.44. The Morgan fingerprint density at radius 3 is 2.64 bits per heavy atom. The molecule has 1 fully saturated rings. The number of nitrogens with two attached hydrogens (primary N) is 1. The molecule has 1 aromatic heterocycles. The smallest absolute Gasteiger partial charge is 0.291 e. The van der Waals surface area contributed by atoms with Gasteiger partial charge in [0, 0.05) is 19.2 Å². The first-order valence-corrected chi connectivity index (χ1v) is 4.62. The van der Waals surface area contributed by atoms with Crippen LogP contribution in [0.15, 0.2) is 16.7 Å². The summed E-state index contributed by atoms with van der Waals surface area (Å²) in [5.41, 5.74) is 6.23. The molecule has 2 rings (SSSR count). The van der Waals surface area contributed by atoms with E-state index >= 15 is 0 Å². The van der Waals surface area contributed by atoms with Crippen LogP contribution in [0, 0.1) is 5.41 Å². The van der Waals surface area contributed by atoms with E-state index in [4.69, 9.17) is 10.2 Å². The van der Waals surface area contributed by atoms with Crippen molar-refractivity contribution in [2.45, 2.75) is 13.8 Å². The van der Waals surface area contributed by atoms with E-state index in [1.54, 1.807) is 11.0 Å². The van der Waals surface area contributed by atoms with Gasteiger partial charge >= 0.3 is 0 Å². The first kappa shape index (κ1) is 9.12. The van der Waals surface area contributed by atoms with Gasteiger partial charge in [0.15, 0.2) is 0 Å². The number of amides is 1. The molecule has 1 aliphatic heterocycles. The van der Waals surface area contributed by atoms with Crippen molar-refractivity contribution < 1.29 is 9.21 Å². The number of furan rings is 1. The van der Waals surface area contributed by atoms with Crippen molar-refractivity contribution in [2.75, 3.05) is 18.8 Å². The first-order valence-electron chi connectivity index (χ1n) is 4.62. The summed E-state index contributed by atoms with van der Waals surface area (Å²) in [7, 11) is 0. The Morgan fingerprint density at radius 1 is 1.57 bits per heavy atom. The van der Waals surface area contributed by atoms with Crippen molar-refractivity contribution in [1.82, 2.24) is 4.90 Å². The second-order valence-electron chi connectivity index (χ2n) is 4.53. The molecule has 0 spiro atoms. The standard InChI is InChI=1S/C10H14N2O2/c1-10(2)5-12(6-10)9(13)8-7(11)3-4-14-8/h3-4H,5-6,11H2,1-2H3. The van der Waals surface area contributed by atoms with Crippen LogP contribution in [0.3, 0.4) is 0 Å². The molecule has 0 bridgehead atoms. The fourth-order valence-corrected chi connectivity index (χ4v) is 1.77. The van der Waals surface area contributed by atoms with Gasteiger partial charge in [0.25, 0.3) is 5.91 Å². The van der Waals surface area contributed by atoms with Gasteiger partial charge in [-0.2, -0.15) is 0 Å². The molecule has 0 atom stereocenters. The molecule has 0 radical (unpaired) electrons. The SMILES string of the molecule is CC1(C)CN(C(=O)c2occc2N)C1. The highest BCUT2D eigenvalue weighted by molar-refractivity contribution is 5.96. The van der Waals surface area contributed by atoms with Gasteiger partial charge < -0.3 is 15.1 Å². The number of hydrogen-bond acceptors (Lipinski definition) is 3. The second-order valence-corrected chi connectivity index (χ2v) is 4.53. The molecule has 0 aliphatic carbocycles. The molecule has 2 N–H and O–H groups in total. The van der Waals surface area contributed by atoms with E-state index in [0.29, 0.717) is 5.69 Å². The highest BCUT2D eigenvalue weighted by atomic mass is 16.3. The Bertz CT molecular complexity index is 360. The minimum atomic E-state index is -0.105. The fourth-order valence-electron chi connectivity index (χ4n) is 1.77. The Balaban J connectivity index is 2.08. The topological polar surface area (TPSA) is 59.5 Å². The lowest BCUT2D eigenvalue weighted by Gasteiger charge is -2.45. The van der Waals surface area contributed by atoms with Crippen molar-refractivity contribution in [3.8, 4) is 0 Å². The zero-order valence-electron chi connectivity index (χ0n) is 8.41. The number of carbonyl (C=O) groups is 1. The van der Waals surface area contributed by atoms with Crippen LogP contribution in [0.1, 0.15) is 24.4 Å². The molecule has 1 amide bonds. The number of anilines is 1. The van der Waals surface area contributed by atoms with Crippen LogP contribution in [-0.2, 0) is 0 Å². The number of nitrogen functional groups attached to an aromatic ring is 1. The zero-order chi connectivity index (χ0) is 10.3. The first-order chi connectivity index (χ1) is 6.49. The molecular formula is C10H14N2O2. The second kappa shape index (κ2) is 2.77. The van der Waals surface area contributed by atoms with Crippen molar-refractivity contribution >= 4 is 11.6 Å². The van der Waals surface area contributed by atoms with Gasteiger partial charge in [0.2, 0.25) is 5.76 Å². The van der Waals surface area contributed by atoms with Crippen molar-refractivity contribution in [3.05, 3.63) is 18.1 Å². The van der Waals surface area contributed by atoms with Gasteiger partial charge in [-0.15, -0.1) is 0 Å². The summed E-state index contributed by atoms with van der Waals surface area (Å²) in [5.74, 6) is 0.160. The molecule has 4 nitrogen and oxygen atoms in total. The average Bonchev–Trinajstić information content (AvgIpc) is 2.45. The summed E-state index contributed by atoms with van der Waals surface area (Å²) < 4.78 is 5.03. The summed E-state index contributed by atoms with van der Waals surface area (Å²) in [5, 5.41) is 0. The lowest BCUT2D eigenvalue weighted by atomic mass is 9.84. The lowest BCUT2D eigenvalue weighted by Crippen LogP contribution is -2.55. The molecular weight excluding hydrogens is 180 g/mol. The van der Waals surface area contributed by atoms with Gasteiger partial charge in [0.05, 0.1) is 12.0 Å². The number of rotatable bonds is 1. The molecule has 1 aromatic rings.